The van der Waals surface area contributed by atoms with E-state index in [0.29, 0.717) is 12.8 Å². The molecule has 76 heavy (non-hydrogen) atoms. The molecule has 9 atom stereocenters. The Bertz CT molecular complexity index is 2290. The first-order chi connectivity index (χ1) is 36.5. The van der Waals surface area contributed by atoms with Crippen LogP contribution in [-0.4, -0.2) is 108 Å². The van der Waals surface area contributed by atoms with Crippen molar-refractivity contribution in [3.05, 3.63) is 144 Å². The Kier molecular flexibility index (Phi) is 35.6. The number of unbranched alkanes of at least 4 members (excludes halogenated alkanes) is 3. The minimum atomic E-state index is -5.51. The number of aliphatic hydroxyl groups excluding tert-OH is 4. The number of ether oxygens (including phenoxy) is 3. The number of nitrogens with two attached hydrogens (primary N) is 1. The molecule has 1 fully saturated rings. The predicted molar refractivity (Wildman–Crippen MR) is 291 cm³/mol. The molecule has 1 aliphatic rings. The van der Waals surface area contributed by atoms with Gasteiger partial charge in [-0.1, -0.05) is 148 Å². The van der Waals surface area contributed by atoms with Gasteiger partial charge in [0.15, 0.2) is 12.3 Å². The quantitative estimate of drug-likeness (QED) is 0.0106. The van der Waals surface area contributed by atoms with Gasteiger partial charge in [0.2, 0.25) is 0 Å². The smallest absolute Gasteiger partial charge is 0.462 e. The summed E-state index contributed by atoms with van der Waals surface area (Å²) in [7, 11) is -11.0. The highest BCUT2D eigenvalue weighted by molar-refractivity contribution is 7.61. The van der Waals surface area contributed by atoms with Crippen molar-refractivity contribution in [3.63, 3.8) is 0 Å². The average Bonchev–Trinajstić information content (AvgIpc) is 3.65. The maximum absolute atomic E-state index is 12.9. The molecule has 8 N–H and O–H groups in total. The fourth-order valence-electron chi connectivity index (χ4n) is 6.71. The second-order valence-corrected chi connectivity index (χ2v) is 20.4. The average molecular weight is 1110 g/mol. The number of carbonyl (C=O) groups excluding carboxylic acids is 2. The lowest BCUT2D eigenvalue weighted by Crippen LogP contribution is -2.36. The summed E-state index contributed by atoms with van der Waals surface area (Å²) >= 11 is 0. The molecular weight excluding hydrogens is 1020 g/mol. The van der Waals surface area contributed by atoms with E-state index in [-0.39, 0.29) is 37.9 Å². The standard InChI is InChI=1S/C54H81N3O17P2/c1-3-5-7-9-11-12-13-14-15-16-17-18-19-20-21-22-23-25-31-37-50(61)72-46(41-69-49(60)38-32-36-45(59)35-30-27-26-29-34-44(58)33-28-24-10-8-6-4-2)42-70-75(65,66)74-76(67,68)71-43-47-51(62)52(63)53(73-47)57-40-39-48(55)56-54(57)64/h5,7,11-12,14-15,17-18,20-21,23-30,34-35,39-40,44-47,51-53,58-59,62-63H,3-4,6,8-10,13,16,19,22,31-33,36-38,41-43H2,1-2H3,(H,65,66)(H,67,68)(H2,55,56,64)/b7-5-,12-11-,15-14-,18-17-,21-20-,25-23-,27-26+,28-24-,34-29+,35-30-/t44-,45-,46-,47-,51-,52-,53-/m1/s1. The van der Waals surface area contributed by atoms with E-state index in [1.165, 1.54) is 18.6 Å². The summed E-state index contributed by atoms with van der Waals surface area (Å²) in [5, 5.41) is 41.3. The third kappa shape index (κ3) is 32.6. The van der Waals surface area contributed by atoms with Crippen LogP contribution in [0.5, 0.6) is 0 Å². The Morgan fingerprint density at radius 2 is 1.30 bits per heavy atom. The normalized spacial score (nSPS) is 20.5. The molecule has 0 radical (unpaired) electrons. The monoisotopic (exact) mass is 1110 g/mol. The molecule has 0 bridgehead atoms. The molecule has 0 spiro atoms. The van der Waals surface area contributed by atoms with Crippen LogP contribution in [0.1, 0.15) is 123 Å². The van der Waals surface area contributed by atoms with Gasteiger partial charge in [-0.3, -0.25) is 23.2 Å². The Labute approximate surface area is 447 Å². The van der Waals surface area contributed by atoms with Crippen LogP contribution < -0.4 is 11.4 Å². The van der Waals surface area contributed by atoms with Gasteiger partial charge in [0, 0.05) is 19.0 Å². The van der Waals surface area contributed by atoms with Gasteiger partial charge >= 0.3 is 33.3 Å². The van der Waals surface area contributed by atoms with Crippen molar-refractivity contribution in [3.8, 4) is 0 Å². The fourth-order valence-corrected chi connectivity index (χ4v) is 8.82. The molecular formula is C54H81N3O17P2. The molecule has 1 aliphatic heterocycles. The number of hydrogen-bond donors (Lipinski definition) is 7. The van der Waals surface area contributed by atoms with E-state index in [0.717, 1.165) is 62.1 Å². The number of nitrogen functional groups attached to an aromatic ring is 1. The molecule has 1 aromatic rings. The first-order valence-corrected chi connectivity index (χ1v) is 28.8. The lowest BCUT2D eigenvalue weighted by molar-refractivity contribution is -0.161. The number of carbonyl (C=O) groups is 2. The van der Waals surface area contributed by atoms with E-state index in [4.69, 9.17) is 29.0 Å². The van der Waals surface area contributed by atoms with Gasteiger partial charge in [0.1, 0.15) is 30.7 Å². The molecule has 2 heterocycles. The van der Waals surface area contributed by atoms with Gasteiger partial charge in [-0.25, -0.2) is 13.9 Å². The van der Waals surface area contributed by atoms with E-state index >= 15 is 0 Å². The Balaban J connectivity index is 1.91. The molecule has 0 amide bonds. The number of phosphoric ester groups is 2. The number of rotatable bonds is 40. The molecule has 2 rings (SSSR count). The summed E-state index contributed by atoms with van der Waals surface area (Å²) in [6, 6.07) is 1.23. The minimum absolute atomic E-state index is 0.123. The number of aromatic nitrogens is 2. The van der Waals surface area contributed by atoms with Gasteiger partial charge in [-0.05, 0) is 83.1 Å². The van der Waals surface area contributed by atoms with Gasteiger partial charge in [0.25, 0.3) is 0 Å². The number of nitrogens with zero attached hydrogens (tertiary/aromatic N) is 2. The topological polar surface area (TPSA) is 306 Å². The summed E-state index contributed by atoms with van der Waals surface area (Å²) < 4.78 is 56.5. The second kappa shape index (κ2) is 40.3. The van der Waals surface area contributed by atoms with Crippen LogP contribution in [0.15, 0.2) is 139 Å². The Morgan fingerprint density at radius 1 is 0.724 bits per heavy atom. The highest BCUT2D eigenvalue weighted by atomic mass is 31.3. The van der Waals surface area contributed by atoms with Gasteiger partial charge in [-0.2, -0.15) is 9.29 Å². The largest absolute Gasteiger partial charge is 0.481 e. The molecule has 20 nitrogen and oxygen atoms in total. The third-order valence-electron chi connectivity index (χ3n) is 10.7. The number of aliphatic hydroxyl groups is 4. The molecule has 0 saturated carbocycles. The highest BCUT2D eigenvalue weighted by Crippen LogP contribution is 2.60. The van der Waals surface area contributed by atoms with Crippen molar-refractivity contribution in [2.45, 2.75) is 159 Å². The van der Waals surface area contributed by atoms with Crippen molar-refractivity contribution < 1.29 is 76.5 Å². The molecule has 2 unspecified atom stereocenters. The molecule has 22 heteroatoms. The highest BCUT2D eigenvalue weighted by Gasteiger charge is 2.46. The number of esters is 2. The van der Waals surface area contributed by atoms with Crippen LogP contribution >= 0.6 is 15.6 Å². The van der Waals surface area contributed by atoms with Crippen molar-refractivity contribution >= 4 is 33.4 Å². The number of hydrogen-bond acceptors (Lipinski definition) is 17. The van der Waals surface area contributed by atoms with Crippen molar-refractivity contribution in [2.75, 3.05) is 25.6 Å². The van der Waals surface area contributed by atoms with Gasteiger partial charge in [0.05, 0.1) is 25.4 Å². The predicted octanol–water partition coefficient (Wildman–Crippen LogP) is 8.72. The first kappa shape index (κ1) is 67.2. The van der Waals surface area contributed by atoms with Crippen LogP contribution in [0.25, 0.3) is 0 Å². The zero-order chi connectivity index (χ0) is 55.9. The van der Waals surface area contributed by atoms with E-state index < -0.39 is 95.9 Å². The van der Waals surface area contributed by atoms with Crippen LogP contribution in [0.3, 0.4) is 0 Å². The van der Waals surface area contributed by atoms with E-state index in [1.807, 2.05) is 24.3 Å². The van der Waals surface area contributed by atoms with Crippen molar-refractivity contribution in [1.29, 1.82) is 0 Å². The maximum Gasteiger partial charge on any atom is 0.481 e. The molecule has 1 aromatic heterocycles. The summed E-state index contributed by atoms with van der Waals surface area (Å²) in [5.74, 6) is -1.67. The molecule has 1 saturated heterocycles. The van der Waals surface area contributed by atoms with E-state index in [2.05, 4.69) is 77.8 Å². The van der Waals surface area contributed by atoms with Crippen LogP contribution in [0.2, 0.25) is 0 Å². The van der Waals surface area contributed by atoms with Crippen molar-refractivity contribution in [2.24, 2.45) is 0 Å². The summed E-state index contributed by atoms with van der Waals surface area (Å²) in [6.07, 6.45) is 40.6. The molecule has 0 aromatic carbocycles. The lowest BCUT2D eigenvalue weighted by atomic mass is 10.1. The zero-order valence-corrected chi connectivity index (χ0v) is 45.5. The minimum Gasteiger partial charge on any atom is -0.462 e. The lowest BCUT2D eigenvalue weighted by Gasteiger charge is -2.21. The second-order valence-electron chi connectivity index (χ2n) is 17.3. The summed E-state index contributed by atoms with van der Waals surface area (Å²) in [4.78, 5) is 61.9. The van der Waals surface area contributed by atoms with E-state index in [1.54, 1.807) is 36.5 Å². The molecule has 0 aliphatic carbocycles. The Hall–Kier alpha value is -4.92. The zero-order valence-electron chi connectivity index (χ0n) is 43.7. The SMILES string of the molecule is CC/C=C\C/C=C\C/C=C\C/C=C\C/C=C\C/C=C\CCC(=O)O[C@H](COC(=O)CCC[C@H](O)\C=C/C=C/C=C/[C@H](O)C/C=C\CCCCC)COP(=O)(O)OP(=O)(O)OC[C@H]1O[C@@H](n2ccc(N)nc2=O)[C@H](O)[C@@H]1O. The molecule has 424 valence electrons. The van der Waals surface area contributed by atoms with Crippen LogP contribution in [0.4, 0.5) is 5.82 Å². The van der Waals surface area contributed by atoms with Gasteiger partial charge in [-0.15, -0.1) is 0 Å². The van der Waals surface area contributed by atoms with Crippen LogP contribution in [0, 0.1) is 0 Å². The first-order valence-electron chi connectivity index (χ1n) is 25.8. The number of phosphoric acid groups is 2. The maximum atomic E-state index is 12.9. The van der Waals surface area contributed by atoms with E-state index in [9.17, 15) is 53.7 Å². The fraction of sp³-hybridized carbons (Fsp3) is 0.519. The third-order valence-corrected chi connectivity index (χ3v) is 13.3. The van der Waals surface area contributed by atoms with Crippen LogP contribution in [-0.2, 0) is 46.3 Å². The summed E-state index contributed by atoms with van der Waals surface area (Å²) in [6.45, 7) is 1.65. The number of anilines is 1. The summed E-state index contributed by atoms with van der Waals surface area (Å²) in [5.41, 5.74) is 4.56. The number of allylic oxidation sites excluding steroid dienone is 17. The van der Waals surface area contributed by atoms with Crippen molar-refractivity contribution in [1.82, 2.24) is 9.55 Å². The van der Waals surface area contributed by atoms with Gasteiger partial charge < -0.3 is 50.2 Å². The Morgan fingerprint density at radius 3 is 1.91 bits per heavy atom.